The number of nitrogens with zero attached hydrogens (tertiary/aromatic N) is 3. The highest BCUT2D eigenvalue weighted by Crippen LogP contribution is 2.31. The summed E-state index contributed by atoms with van der Waals surface area (Å²) >= 11 is 0. The van der Waals surface area contributed by atoms with Crippen LogP contribution in [0.1, 0.15) is 46.1 Å². The number of carbonyl (C=O) groups is 1. The second-order valence-electron chi connectivity index (χ2n) is 8.81. The summed E-state index contributed by atoms with van der Waals surface area (Å²) in [4.78, 5) is 16.9. The van der Waals surface area contributed by atoms with Gasteiger partial charge >= 0.3 is 6.18 Å². The Morgan fingerprint density at radius 1 is 1.07 bits per heavy atom. The molecule has 0 aliphatic carbocycles. The first-order valence-electron chi connectivity index (χ1n) is 12.7. The molecule has 0 saturated carbocycles. The first-order valence-corrected chi connectivity index (χ1v) is 12.7. The van der Waals surface area contributed by atoms with E-state index >= 15 is 0 Å². The number of halogens is 3. The van der Waals surface area contributed by atoms with Crippen LogP contribution in [0.4, 0.5) is 36.2 Å². The molecule has 0 unspecified atom stereocenters. The molecule has 0 saturated heterocycles. The fourth-order valence-electron chi connectivity index (χ4n) is 3.96. The van der Waals surface area contributed by atoms with Gasteiger partial charge in [-0.15, -0.1) is 5.10 Å². The second kappa shape index (κ2) is 12.5. The lowest BCUT2D eigenvalue weighted by atomic mass is 10.0. The van der Waals surface area contributed by atoms with Crippen LogP contribution >= 0.6 is 0 Å². The lowest BCUT2D eigenvalue weighted by Crippen LogP contribution is -2.30. The molecule has 210 valence electrons. The number of carbonyl (C=O) groups excluding carboxylic acids is 1. The number of nitrogen functional groups attached to an aromatic ring is 1. The zero-order chi connectivity index (χ0) is 29.6. The van der Waals surface area contributed by atoms with E-state index in [0.717, 1.165) is 28.2 Å². The summed E-state index contributed by atoms with van der Waals surface area (Å²) in [6.45, 7) is 9.37. The molecule has 4 rings (SSSR count). The van der Waals surface area contributed by atoms with Crippen molar-refractivity contribution in [1.29, 1.82) is 5.41 Å². The number of pyridine rings is 1. The second-order valence-corrected chi connectivity index (χ2v) is 8.81. The van der Waals surface area contributed by atoms with Gasteiger partial charge in [0.1, 0.15) is 11.5 Å². The fraction of sp³-hybridized carbons (Fsp3) is 0.241. The molecule has 0 radical (unpaired) electrons. The van der Waals surface area contributed by atoms with Crippen molar-refractivity contribution < 1.29 is 18.0 Å². The fourth-order valence-corrected chi connectivity index (χ4v) is 3.96. The number of hydrogen-bond acceptors (Lipinski definition) is 6. The topological polar surface area (TPSA) is 122 Å². The molecule has 5 N–H and O–H groups in total. The molecule has 2 heterocycles. The summed E-state index contributed by atoms with van der Waals surface area (Å²) in [7, 11) is 0. The van der Waals surface area contributed by atoms with Gasteiger partial charge < -0.3 is 16.4 Å². The summed E-state index contributed by atoms with van der Waals surface area (Å²) in [6.07, 6.45) is -4.01. The Labute approximate surface area is 230 Å². The van der Waals surface area contributed by atoms with Gasteiger partial charge in [-0.25, -0.2) is 9.67 Å². The Morgan fingerprint density at radius 3 is 2.42 bits per heavy atom. The van der Waals surface area contributed by atoms with Crippen LogP contribution in [0.3, 0.4) is 0 Å². The molecule has 0 aliphatic rings. The average Bonchev–Trinajstić information content (AvgIpc) is 3.29. The zero-order valence-electron chi connectivity index (χ0n) is 22.9. The molecule has 0 atom stereocenters. The Balaban J connectivity index is 0.00000216. The number of aromatic nitrogens is 3. The number of rotatable bonds is 7. The van der Waals surface area contributed by atoms with Crippen LogP contribution in [0, 0.1) is 5.41 Å². The van der Waals surface area contributed by atoms with Crippen LogP contribution in [0.25, 0.3) is 16.7 Å². The van der Waals surface area contributed by atoms with Gasteiger partial charge in [0.25, 0.3) is 5.91 Å². The average molecular weight is 552 g/mol. The number of anilines is 4. The summed E-state index contributed by atoms with van der Waals surface area (Å²) in [5.74, 6) is 0.0508. The lowest BCUT2D eigenvalue weighted by Gasteiger charge is -2.12. The molecule has 2 aromatic carbocycles. The molecule has 0 spiro atoms. The number of nitrogens with one attached hydrogen (secondary N) is 3. The highest BCUT2D eigenvalue weighted by Gasteiger charge is 2.38. The molecule has 2 aromatic heterocycles. The number of alkyl halides is 3. The van der Waals surface area contributed by atoms with Crippen molar-refractivity contribution in [3.8, 4) is 5.82 Å². The summed E-state index contributed by atoms with van der Waals surface area (Å²) in [6, 6.07) is 17.8. The summed E-state index contributed by atoms with van der Waals surface area (Å²) in [5.41, 5.74) is 6.81. The van der Waals surface area contributed by atoms with Crippen molar-refractivity contribution in [3.63, 3.8) is 0 Å². The minimum atomic E-state index is -4.95. The Bertz CT molecular complexity index is 1560. The number of benzene rings is 2. The van der Waals surface area contributed by atoms with E-state index < -0.39 is 23.4 Å². The smallest absolute Gasteiger partial charge is 0.398 e. The van der Waals surface area contributed by atoms with Crippen molar-refractivity contribution in [3.05, 3.63) is 77.9 Å². The molecule has 0 aliphatic heterocycles. The molecule has 1 amide bonds. The molecule has 11 heteroatoms. The number of allylic oxidation sites excluding steroid dienone is 1. The standard InChI is InChI=1S/C27H26F3N7O.C2H6/c1-4-17(24(32)27(28,29)30)26(38)35-22-10-7-11-23(34-22)37-21-9-6-5-8-18(21)25(36-37)33-16-12-13-20(31)19(14-16)15(2)3;1-2/h4-15,32H,31H2,1-3H3,(H,33,36)(H,34,35,38);1-2H3/b17-4+,32-24?;. The SMILES string of the molecule is C/C=C(\C(=N)C(F)(F)F)C(=O)Nc1cccc(-n2nc(Nc3ccc(N)c(C(C)C)c3)c3ccccc32)n1.CC. The third-order valence-electron chi connectivity index (χ3n) is 5.84. The third kappa shape index (κ3) is 6.48. The van der Waals surface area contributed by atoms with E-state index in [1.165, 1.54) is 13.0 Å². The van der Waals surface area contributed by atoms with E-state index in [1.54, 1.807) is 16.8 Å². The van der Waals surface area contributed by atoms with E-state index in [0.29, 0.717) is 17.3 Å². The van der Waals surface area contributed by atoms with E-state index in [1.807, 2.05) is 56.3 Å². The minimum absolute atomic E-state index is 0.0102. The molecule has 8 nitrogen and oxygen atoms in total. The predicted octanol–water partition coefficient (Wildman–Crippen LogP) is 7.36. The van der Waals surface area contributed by atoms with Crippen LogP contribution < -0.4 is 16.4 Å². The predicted molar refractivity (Wildman–Crippen MR) is 155 cm³/mol. The first kappa shape index (κ1) is 29.9. The normalized spacial score (nSPS) is 11.7. The van der Waals surface area contributed by atoms with Crippen LogP contribution in [-0.4, -0.2) is 32.6 Å². The van der Waals surface area contributed by atoms with Crippen molar-refractivity contribution in [1.82, 2.24) is 14.8 Å². The van der Waals surface area contributed by atoms with Gasteiger partial charge in [-0.3, -0.25) is 10.2 Å². The highest BCUT2D eigenvalue weighted by atomic mass is 19.4. The van der Waals surface area contributed by atoms with Gasteiger partial charge in [-0.05, 0) is 60.9 Å². The largest absolute Gasteiger partial charge is 0.433 e. The van der Waals surface area contributed by atoms with Gasteiger partial charge in [-0.1, -0.05) is 52.0 Å². The first-order chi connectivity index (χ1) is 19.0. The highest BCUT2D eigenvalue weighted by molar-refractivity contribution is 6.25. The number of amides is 1. The van der Waals surface area contributed by atoms with Gasteiger partial charge in [0.15, 0.2) is 11.6 Å². The van der Waals surface area contributed by atoms with E-state index in [2.05, 4.69) is 34.6 Å². The van der Waals surface area contributed by atoms with Crippen molar-refractivity contribution in [2.75, 3.05) is 16.4 Å². The molecule has 0 fully saturated rings. The Hall–Kier alpha value is -4.67. The molecular formula is C29H32F3N7O. The van der Waals surface area contributed by atoms with E-state index in [4.69, 9.17) is 11.1 Å². The molecule has 4 aromatic rings. The quantitative estimate of drug-likeness (QED) is 0.109. The molecular weight excluding hydrogens is 519 g/mol. The van der Waals surface area contributed by atoms with Gasteiger partial charge in [0, 0.05) is 16.8 Å². The third-order valence-corrected chi connectivity index (χ3v) is 5.84. The van der Waals surface area contributed by atoms with Gasteiger partial charge in [0.2, 0.25) is 0 Å². The lowest BCUT2D eigenvalue weighted by molar-refractivity contribution is -0.113. The van der Waals surface area contributed by atoms with Crippen molar-refractivity contribution >= 4 is 45.5 Å². The van der Waals surface area contributed by atoms with Crippen molar-refractivity contribution in [2.24, 2.45) is 0 Å². The van der Waals surface area contributed by atoms with E-state index in [-0.39, 0.29) is 11.7 Å². The molecule has 40 heavy (non-hydrogen) atoms. The Morgan fingerprint density at radius 2 is 1.77 bits per heavy atom. The van der Waals surface area contributed by atoms with Gasteiger partial charge in [0.05, 0.1) is 11.1 Å². The Kier molecular flexibility index (Phi) is 9.31. The van der Waals surface area contributed by atoms with Crippen LogP contribution in [0.15, 0.2) is 72.3 Å². The van der Waals surface area contributed by atoms with Crippen molar-refractivity contribution in [2.45, 2.75) is 46.7 Å². The summed E-state index contributed by atoms with van der Waals surface area (Å²) < 4.78 is 40.5. The minimum Gasteiger partial charge on any atom is -0.398 e. The maximum Gasteiger partial charge on any atom is 0.433 e. The number of fused-ring (bicyclic) bond motifs is 1. The van der Waals surface area contributed by atoms with E-state index in [9.17, 15) is 18.0 Å². The maximum absolute atomic E-state index is 13.0. The summed E-state index contributed by atoms with van der Waals surface area (Å²) in [5, 5.41) is 18.5. The van der Waals surface area contributed by atoms with Crippen LogP contribution in [0.5, 0.6) is 0 Å². The maximum atomic E-state index is 13.0. The van der Waals surface area contributed by atoms with Crippen LogP contribution in [0.2, 0.25) is 0 Å². The van der Waals surface area contributed by atoms with Gasteiger partial charge in [-0.2, -0.15) is 13.2 Å². The number of para-hydroxylation sites is 1. The number of hydrogen-bond donors (Lipinski definition) is 4. The molecule has 0 bridgehead atoms. The zero-order valence-corrected chi connectivity index (χ0v) is 22.9. The monoisotopic (exact) mass is 551 g/mol. The van der Waals surface area contributed by atoms with Crippen LogP contribution in [-0.2, 0) is 4.79 Å². The number of nitrogens with two attached hydrogens (primary N) is 1.